The summed E-state index contributed by atoms with van der Waals surface area (Å²) in [5, 5.41) is 0. The molecule has 0 aliphatic heterocycles. The molecule has 0 amide bonds. The van der Waals surface area contributed by atoms with E-state index in [-0.39, 0.29) is 29.5 Å². The molecule has 0 unspecified atom stereocenters. The van der Waals surface area contributed by atoms with Crippen molar-refractivity contribution >= 4 is 34.1 Å². The lowest BCUT2D eigenvalue weighted by atomic mass is 10.0. The third kappa shape index (κ3) is 7.64. The molecule has 0 aliphatic rings. The van der Waals surface area contributed by atoms with Crippen LogP contribution in [0.5, 0.6) is 11.5 Å². The summed E-state index contributed by atoms with van der Waals surface area (Å²) < 4.78 is 71.2. The maximum atomic E-state index is 12.7. The second kappa shape index (κ2) is 12.4. The van der Waals surface area contributed by atoms with Crippen molar-refractivity contribution in [3.05, 3.63) is 48.5 Å². The van der Waals surface area contributed by atoms with E-state index in [0.29, 0.717) is 17.9 Å². The van der Waals surface area contributed by atoms with E-state index in [1.54, 1.807) is 30.3 Å². The van der Waals surface area contributed by atoms with Crippen molar-refractivity contribution in [1.29, 1.82) is 0 Å². The van der Waals surface area contributed by atoms with Gasteiger partial charge in [-0.05, 0) is 18.6 Å². The molecule has 0 aliphatic carbocycles. The van der Waals surface area contributed by atoms with Gasteiger partial charge in [0.25, 0.3) is 0 Å². The summed E-state index contributed by atoms with van der Waals surface area (Å²) in [7, 11) is -5.77. The fraction of sp³-hybridized carbons (Fsp3) is 0.429. The van der Waals surface area contributed by atoms with E-state index in [0.717, 1.165) is 19.3 Å². The minimum absolute atomic E-state index is 0. The molecular formula is C21H26F3IO4S. The Bertz CT molecular complexity index is 886. The van der Waals surface area contributed by atoms with E-state index >= 15 is 0 Å². The first-order chi connectivity index (χ1) is 13.8. The van der Waals surface area contributed by atoms with Crippen LogP contribution < -0.4 is 8.92 Å². The highest BCUT2D eigenvalue weighted by Gasteiger charge is 2.48. The number of hydrogen-bond acceptors (Lipinski definition) is 4. The molecule has 0 atom stereocenters. The number of alkyl halides is 3. The van der Waals surface area contributed by atoms with E-state index in [2.05, 4.69) is 11.1 Å². The first kappa shape index (κ1) is 26.5. The number of halogens is 4. The summed E-state index contributed by atoms with van der Waals surface area (Å²) in [6.07, 6.45) is 6.59. The van der Waals surface area contributed by atoms with Gasteiger partial charge in [0.15, 0.2) is 5.75 Å². The van der Waals surface area contributed by atoms with E-state index < -0.39 is 21.4 Å². The summed E-state index contributed by atoms with van der Waals surface area (Å²) in [6, 6.07) is 12.5. The minimum Gasteiger partial charge on any atom is -0.493 e. The Hall–Kier alpha value is -1.49. The van der Waals surface area contributed by atoms with Crippen molar-refractivity contribution in [2.45, 2.75) is 51.0 Å². The molecule has 2 aromatic carbocycles. The zero-order valence-electron chi connectivity index (χ0n) is 16.7. The van der Waals surface area contributed by atoms with Crippen LogP contribution in [0.15, 0.2) is 48.5 Å². The molecular weight excluding hydrogens is 532 g/mol. The summed E-state index contributed by atoms with van der Waals surface area (Å²) in [5.41, 5.74) is -4.83. The van der Waals surface area contributed by atoms with Crippen LogP contribution in [-0.2, 0) is 10.1 Å². The van der Waals surface area contributed by atoms with Gasteiger partial charge in [0.1, 0.15) is 5.75 Å². The van der Waals surface area contributed by atoms with E-state index in [4.69, 9.17) is 4.74 Å². The van der Waals surface area contributed by atoms with E-state index in [1.165, 1.54) is 37.5 Å². The second-order valence-corrected chi connectivity index (χ2v) is 8.13. The predicted molar refractivity (Wildman–Crippen MR) is 122 cm³/mol. The maximum absolute atomic E-state index is 12.7. The average molecular weight is 558 g/mol. The number of benzene rings is 2. The molecule has 0 saturated heterocycles. The molecule has 4 nitrogen and oxygen atoms in total. The second-order valence-electron chi connectivity index (χ2n) is 6.59. The van der Waals surface area contributed by atoms with Gasteiger partial charge in [-0.15, -0.1) is 24.0 Å². The summed E-state index contributed by atoms with van der Waals surface area (Å²) >= 11 is 0. The monoisotopic (exact) mass is 558 g/mol. The number of hydrogen-bond donors (Lipinski definition) is 0. The largest absolute Gasteiger partial charge is 0.534 e. The molecule has 0 heterocycles. The van der Waals surface area contributed by atoms with Crippen molar-refractivity contribution in [1.82, 2.24) is 0 Å². The van der Waals surface area contributed by atoms with Crippen molar-refractivity contribution in [2.24, 2.45) is 0 Å². The first-order valence-corrected chi connectivity index (χ1v) is 11.0. The molecule has 0 aromatic heterocycles. The van der Waals surface area contributed by atoms with E-state index in [9.17, 15) is 21.6 Å². The zero-order chi connectivity index (χ0) is 21.3. The fourth-order valence-electron chi connectivity index (χ4n) is 2.81. The number of unbranched alkanes of at least 4 members (excludes halogenated alkanes) is 5. The van der Waals surface area contributed by atoms with Gasteiger partial charge in [-0.3, -0.25) is 0 Å². The fourth-order valence-corrected chi connectivity index (χ4v) is 3.28. The van der Waals surface area contributed by atoms with Gasteiger partial charge in [-0.2, -0.15) is 21.6 Å². The predicted octanol–water partition coefficient (Wildman–Crippen LogP) is 6.94. The Morgan fingerprint density at radius 1 is 0.800 bits per heavy atom. The zero-order valence-corrected chi connectivity index (χ0v) is 19.8. The molecule has 0 fully saturated rings. The van der Waals surface area contributed by atoms with Crippen LogP contribution in [-0.4, -0.2) is 20.5 Å². The van der Waals surface area contributed by atoms with Crippen LogP contribution in [0, 0.1) is 0 Å². The van der Waals surface area contributed by atoms with Gasteiger partial charge in [0, 0.05) is 11.1 Å². The highest BCUT2D eigenvalue weighted by atomic mass is 127. The summed E-state index contributed by atoms with van der Waals surface area (Å²) in [6.45, 7) is 2.62. The Labute approximate surface area is 192 Å². The van der Waals surface area contributed by atoms with Gasteiger partial charge in [-0.1, -0.05) is 75.4 Å². The molecule has 2 rings (SSSR count). The van der Waals surface area contributed by atoms with Crippen LogP contribution in [0.2, 0.25) is 0 Å². The Morgan fingerprint density at radius 2 is 1.30 bits per heavy atom. The lowest BCUT2D eigenvalue weighted by molar-refractivity contribution is -0.0499. The van der Waals surface area contributed by atoms with Crippen LogP contribution in [0.4, 0.5) is 13.2 Å². The van der Waals surface area contributed by atoms with Gasteiger partial charge >= 0.3 is 15.6 Å². The highest BCUT2D eigenvalue weighted by Crippen LogP contribution is 2.38. The highest BCUT2D eigenvalue weighted by molar-refractivity contribution is 14.0. The lowest BCUT2D eigenvalue weighted by Gasteiger charge is -2.16. The molecule has 0 saturated carbocycles. The Balaban J connectivity index is 0.00000450. The van der Waals surface area contributed by atoms with Crippen LogP contribution >= 0.6 is 24.0 Å². The minimum atomic E-state index is -5.77. The third-order valence-electron chi connectivity index (χ3n) is 4.30. The van der Waals surface area contributed by atoms with Crippen molar-refractivity contribution in [2.75, 3.05) is 6.61 Å². The number of ether oxygens (including phenoxy) is 1. The normalized spacial score (nSPS) is 11.6. The summed E-state index contributed by atoms with van der Waals surface area (Å²) in [5.74, 6) is 0.0574. The topological polar surface area (TPSA) is 52.6 Å². The Morgan fingerprint density at radius 3 is 1.90 bits per heavy atom. The Kier molecular flexibility index (Phi) is 11.0. The van der Waals surface area contributed by atoms with Gasteiger partial charge < -0.3 is 8.92 Å². The first-order valence-electron chi connectivity index (χ1n) is 9.58. The molecule has 2 aromatic rings. The van der Waals surface area contributed by atoms with Crippen LogP contribution in [0.25, 0.3) is 11.1 Å². The SMILES string of the molecule is CCCCCCCCOc1ccccc1-c1ccccc1OS(=O)(=O)C(F)(F)F.I. The molecule has 0 N–H and O–H groups in total. The van der Waals surface area contributed by atoms with Crippen LogP contribution in [0.1, 0.15) is 45.4 Å². The number of para-hydroxylation sites is 2. The van der Waals surface area contributed by atoms with Crippen molar-refractivity contribution in [3.8, 4) is 22.6 Å². The summed E-state index contributed by atoms with van der Waals surface area (Å²) in [4.78, 5) is 0. The van der Waals surface area contributed by atoms with Gasteiger partial charge in [0.05, 0.1) is 6.61 Å². The van der Waals surface area contributed by atoms with Crippen molar-refractivity contribution < 1.29 is 30.5 Å². The molecule has 0 bridgehead atoms. The number of rotatable bonds is 11. The maximum Gasteiger partial charge on any atom is 0.534 e. The van der Waals surface area contributed by atoms with Gasteiger partial charge in [0.2, 0.25) is 0 Å². The standard InChI is InChI=1S/C21H25F3O4S.HI/c1-2-3-4-5-6-11-16-27-19-14-9-7-12-17(19)18-13-8-10-15-20(18)28-29(25,26)21(22,23)24;/h7-10,12-15H,2-6,11,16H2,1H3;1H. The van der Waals surface area contributed by atoms with E-state index in [1.807, 2.05) is 0 Å². The molecule has 30 heavy (non-hydrogen) atoms. The van der Waals surface area contributed by atoms with Crippen LogP contribution in [0.3, 0.4) is 0 Å². The lowest BCUT2D eigenvalue weighted by Crippen LogP contribution is -2.28. The molecule has 168 valence electrons. The molecule has 9 heteroatoms. The molecule has 0 radical (unpaired) electrons. The molecule has 0 spiro atoms. The van der Waals surface area contributed by atoms with Gasteiger partial charge in [-0.25, -0.2) is 0 Å². The quantitative estimate of drug-likeness (QED) is 0.130. The smallest absolute Gasteiger partial charge is 0.493 e. The average Bonchev–Trinajstić information content (AvgIpc) is 2.67. The van der Waals surface area contributed by atoms with Crippen molar-refractivity contribution in [3.63, 3.8) is 0 Å². The third-order valence-corrected chi connectivity index (χ3v) is 5.27.